The predicted octanol–water partition coefficient (Wildman–Crippen LogP) is 3.11. The van der Waals surface area contributed by atoms with Gasteiger partial charge < -0.3 is 5.73 Å². The molecule has 0 atom stereocenters. The quantitative estimate of drug-likeness (QED) is 0.740. The van der Waals surface area contributed by atoms with Gasteiger partial charge in [-0.3, -0.25) is 0 Å². The minimum Gasteiger partial charge on any atom is -0.399 e. The number of nitrogens with two attached hydrogens (primary N) is 1. The van der Waals surface area contributed by atoms with Gasteiger partial charge in [0, 0.05) is 22.3 Å². The smallest absolute Gasteiger partial charge is 0.268 e. The van der Waals surface area contributed by atoms with Crippen LogP contribution in [0.3, 0.4) is 0 Å². The van der Waals surface area contributed by atoms with Gasteiger partial charge in [0.25, 0.3) is 10.0 Å². The van der Waals surface area contributed by atoms with Crippen molar-refractivity contribution in [1.82, 2.24) is 3.97 Å². The van der Waals surface area contributed by atoms with E-state index in [-0.39, 0.29) is 4.90 Å². The minimum atomic E-state index is -3.68. The number of hydrogen-bond acceptors (Lipinski definition) is 3. The van der Waals surface area contributed by atoms with Crippen LogP contribution in [0, 0.1) is 0 Å². The molecule has 4 nitrogen and oxygen atoms in total. The molecule has 0 amide bonds. The largest absolute Gasteiger partial charge is 0.399 e. The zero-order valence-electron chi connectivity index (χ0n) is 10.3. The van der Waals surface area contributed by atoms with Crippen molar-refractivity contribution in [3.05, 3.63) is 59.8 Å². The highest BCUT2D eigenvalue weighted by Gasteiger charge is 2.19. The van der Waals surface area contributed by atoms with Crippen molar-refractivity contribution in [2.24, 2.45) is 0 Å². The van der Waals surface area contributed by atoms with Gasteiger partial charge in [-0.1, -0.05) is 23.7 Å². The highest BCUT2D eigenvalue weighted by molar-refractivity contribution is 7.90. The number of benzene rings is 2. The van der Waals surface area contributed by atoms with E-state index in [1.165, 1.54) is 22.3 Å². The van der Waals surface area contributed by atoms with Crippen LogP contribution >= 0.6 is 11.6 Å². The maximum Gasteiger partial charge on any atom is 0.268 e. The fraction of sp³-hybridized carbons (Fsp3) is 0. The Balaban J connectivity index is 2.26. The summed E-state index contributed by atoms with van der Waals surface area (Å²) < 4.78 is 26.5. The molecule has 0 unspecified atom stereocenters. The molecule has 0 aliphatic carbocycles. The Labute approximate surface area is 121 Å². The van der Waals surface area contributed by atoms with E-state index in [0.29, 0.717) is 16.2 Å². The van der Waals surface area contributed by atoms with E-state index in [4.69, 9.17) is 17.3 Å². The van der Waals surface area contributed by atoms with E-state index in [0.717, 1.165) is 5.39 Å². The average Bonchev–Trinajstić information content (AvgIpc) is 2.82. The molecule has 2 aromatic carbocycles. The number of nitrogens with zero attached hydrogens (tertiary/aromatic N) is 1. The van der Waals surface area contributed by atoms with Crippen LogP contribution in [0.25, 0.3) is 10.9 Å². The SMILES string of the molecule is Nc1cccc(S(=O)(=O)n2ccc3ccc(Cl)cc32)c1. The van der Waals surface area contributed by atoms with Gasteiger partial charge in [-0.25, -0.2) is 12.4 Å². The van der Waals surface area contributed by atoms with Crippen molar-refractivity contribution in [3.8, 4) is 0 Å². The molecular formula is C14H11ClN2O2S. The third kappa shape index (κ3) is 2.05. The van der Waals surface area contributed by atoms with Gasteiger partial charge in [-0.05, 0) is 36.4 Å². The molecule has 0 bridgehead atoms. The van der Waals surface area contributed by atoms with E-state index in [2.05, 4.69) is 0 Å². The minimum absolute atomic E-state index is 0.148. The molecule has 0 aliphatic heterocycles. The second-order valence-corrected chi connectivity index (χ2v) is 6.64. The summed E-state index contributed by atoms with van der Waals surface area (Å²) in [4.78, 5) is 0.148. The first-order valence-corrected chi connectivity index (χ1v) is 7.68. The summed E-state index contributed by atoms with van der Waals surface area (Å²) in [5.41, 5.74) is 6.60. The molecule has 0 spiro atoms. The lowest BCUT2D eigenvalue weighted by Gasteiger charge is -2.08. The summed E-state index contributed by atoms with van der Waals surface area (Å²) in [7, 11) is -3.68. The number of halogens is 1. The second-order valence-electron chi connectivity index (χ2n) is 4.39. The molecule has 0 saturated heterocycles. The third-order valence-corrected chi connectivity index (χ3v) is 4.96. The Morgan fingerprint density at radius 3 is 2.60 bits per heavy atom. The molecule has 102 valence electrons. The van der Waals surface area contributed by atoms with E-state index in [1.54, 1.807) is 36.4 Å². The van der Waals surface area contributed by atoms with Crippen LogP contribution in [0.1, 0.15) is 0 Å². The summed E-state index contributed by atoms with van der Waals surface area (Å²) in [6.45, 7) is 0. The normalized spacial score (nSPS) is 11.8. The summed E-state index contributed by atoms with van der Waals surface area (Å²) in [6.07, 6.45) is 1.51. The highest BCUT2D eigenvalue weighted by Crippen LogP contribution is 2.25. The van der Waals surface area contributed by atoms with Gasteiger partial charge in [0.05, 0.1) is 10.4 Å². The van der Waals surface area contributed by atoms with Crippen LogP contribution in [0.4, 0.5) is 5.69 Å². The molecule has 3 aromatic rings. The predicted molar refractivity (Wildman–Crippen MR) is 80.4 cm³/mol. The maximum atomic E-state index is 12.6. The zero-order valence-corrected chi connectivity index (χ0v) is 11.9. The standard InChI is InChI=1S/C14H11ClN2O2S/c15-11-5-4-10-6-7-17(14(10)8-11)20(18,19)13-3-1-2-12(16)9-13/h1-9H,16H2. The topological polar surface area (TPSA) is 65.1 Å². The molecule has 0 saturated carbocycles. The van der Waals surface area contributed by atoms with E-state index in [9.17, 15) is 8.42 Å². The van der Waals surface area contributed by atoms with Crippen LogP contribution in [0.15, 0.2) is 59.6 Å². The van der Waals surface area contributed by atoms with Gasteiger partial charge in [0.15, 0.2) is 0 Å². The average molecular weight is 307 g/mol. The Morgan fingerprint density at radius 2 is 1.85 bits per heavy atom. The molecule has 20 heavy (non-hydrogen) atoms. The monoisotopic (exact) mass is 306 g/mol. The summed E-state index contributed by atoms with van der Waals surface area (Å²) in [5, 5.41) is 1.29. The lowest BCUT2D eigenvalue weighted by atomic mass is 10.2. The number of nitrogen functional groups attached to an aromatic ring is 1. The van der Waals surface area contributed by atoms with E-state index < -0.39 is 10.0 Å². The summed E-state index contributed by atoms with van der Waals surface area (Å²) in [6, 6.07) is 13.1. The van der Waals surface area contributed by atoms with Gasteiger partial charge >= 0.3 is 0 Å². The molecule has 6 heteroatoms. The maximum absolute atomic E-state index is 12.6. The first-order chi connectivity index (χ1) is 9.48. The molecule has 2 N–H and O–H groups in total. The van der Waals surface area contributed by atoms with Crippen LogP contribution in [-0.2, 0) is 10.0 Å². The second kappa shape index (κ2) is 4.54. The van der Waals surface area contributed by atoms with Crippen LogP contribution in [0.5, 0.6) is 0 Å². The molecule has 0 radical (unpaired) electrons. The Hall–Kier alpha value is -1.98. The molecule has 0 aliphatic rings. The number of hydrogen-bond donors (Lipinski definition) is 1. The van der Waals surface area contributed by atoms with Crippen LogP contribution in [0.2, 0.25) is 5.02 Å². The van der Waals surface area contributed by atoms with Crippen molar-refractivity contribution >= 4 is 38.2 Å². The highest BCUT2D eigenvalue weighted by atomic mass is 35.5. The molecular weight excluding hydrogens is 296 g/mol. The first kappa shape index (κ1) is 13.0. The van der Waals surface area contributed by atoms with Gasteiger partial charge in [0.1, 0.15) is 0 Å². The fourth-order valence-electron chi connectivity index (χ4n) is 2.08. The number of rotatable bonds is 2. The number of aromatic nitrogens is 1. The number of anilines is 1. The van der Waals surface area contributed by atoms with Gasteiger partial charge in [-0.15, -0.1) is 0 Å². The lowest BCUT2D eigenvalue weighted by Crippen LogP contribution is -2.12. The van der Waals surface area contributed by atoms with Crippen molar-refractivity contribution in [1.29, 1.82) is 0 Å². The summed E-state index contributed by atoms with van der Waals surface area (Å²) in [5.74, 6) is 0. The molecule has 1 aromatic heterocycles. The van der Waals surface area contributed by atoms with Crippen LogP contribution < -0.4 is 5.73 Å². The molecule has 0 fully saturated rings. The fourth-order valence-corrected chi connectivity index (χ4v) is 3.64. The van der Waals surface area contributed by atoms with Gasteiger partial charge in [-0.2, -0.15) is 0 Å². The zero-order chi connectivity index (χ0) is 14.3. The van der Waals surface area contributed by atoms with Crippen molar-refractivity contribution in [2.45, 2.75) is 4.90 Å². The van der Waals surface area contributed by atoms with Crippen LogP contribution in [-0.4, -0.2) is 12.4 Å². The first-order valence-electron chi connectivity index (χ1n) is 5.86. The number of fused-ring (bicyclic) bond motifs is 1. The van der Waals surface area contributed by atoms with Crippen molar-refractivity contribution in [2.75, 3.05) is 5.73 Å². The lowest BCUT2D eigenvalue weighted by molar-refractivity contribution is 0.589. The van der Waals surface area contributed by atoms with Crippen molar-refractivity contribution in [3.63, 3.8) is 0 Å². The van der Waals surface area contributed by atoms with E-state index >= 15 is 0 Å². The van der Waals surface area contributed by atoms with E-state index in [1.807, 2.05) is 0 Å². The molecule has 1 heterocycles. The molecule has 3 rings (SSSR count). The third-order valence-electron chi connectivity index (χ3n) is 3.03. The summed E-state index contributed by atoms with van der Waals surface area (Å²) >= 11 is 5.94. The Bertz CT molecular complexity index is 900. The Kier molecular flexibility index (Phi) is 2.96. The van der Waals surface area contributed by atoms with Gasteiger partial charge in [0.2, 0.25) is 0 Å². The Morgan fingerprint density at radius 1 is 1.05 bits per heavy atom. The van der Waals surface area contributed by atoms with Crippen molar-refractivity contribution < 1.29 is 8.42 Å².